The quantitative estimate of drug-likeness (QED) is 0.847. The lowest BCUT2D eigenvalue weighted by atomic mass is 10.1. The highest BCUT2D eigenvalue weighted by Crippen LogP contribution is 2.32. The van der Waals surface area contributed by atoms with Crippen LogP contribution >= 0.6 is 0 Å². The number of hydrogen-bond donors (Lipinski definition) is 1. The van der Waals surface area contributed by atoms with Crippen LogP contribution < -0.4 is 14.8 Å². The number of nitrogens with zero attached hydrogens (tertiary/aromatic N) is 2. The molecule has 1 aromatic carbocycles. The van der Waals surface area contributed by atoms with Crippen LogP contribution in [0.5, 0.6) is 11.5 Å². The summed E-state index contributed by atoms with van der Waals surface area (Å²) in [5.74, 6) is 1.80. The molecular weight excluding hydrogens is 346 g/mol. The minimum atomic E-state index is -0.108. The van der Waals surface area contributed by atoms with Crippen molar-refractivity contribution in [2.45, 2.75) is 25.7 Å². The predicted molar refractivity (Wildman–Crippen MR) is 99.9 cm³/mol. The summed E-state index contributed by atoms with van der Waals surface area (Å²) >= 11 is 0. The molecule has 1 aromatic rings. The van der Waals surface area contributed by atoms with E-state index in [0.29, 0.717) is 29.5 Å². The van der Waals surface area contributed by atoms with E-state index in [1.807, 2.05) is 4.90 Å². The fourth-order valence-corrected chi connectivity index (χ4v) is 4.09. The van der Waals surface area contributed by atoms with Crippen LogP contribution in [0.4, 0.5) is 0 Å². The largest absolute Gasteiger partial charge is 0.454 e. The summed E-state index contributed by atoms with van der Waals surface area (Å²) in [5, 5.41) is 2.96. The zero-order valence-corrected chi connectivity index (χ0v) is 15.6. The van der Waals surface area contributed by atoms with Gasteiger partial charge in [-0.25, -0.2) is 0 Å². The van der Waals surface area contributed by atoms with Crippen LogP contribution in [0.3, 0.4) is 0 Å². The molecule has 0 atom stereocenters. The van der Waals surface area contributed by atoms with Gasteiger partial charge in [0.1, 0.15) is 0 Å². The van der Waals surface area contributed by atoms with E-state index in [1.165, 1.54) is 12.8 Å². The topological polar surface area (TPSA) is 71.1 Å². The first kappa shape index (κ1) is 18.1. The van der Waals surface area contributed by atoms with E-state index in [2.05, 4.69) is 10.2 Å². The van der Waals surface area contributed by atoms with Crippen molar-refractivity contribution in [3.63, 3.8) is 0 Å². The second kappa shape index (κ2) is 8.17. The Bertz CT molecular complexity index is 694. The van der Waals surface area contributed by atoms with Crippen molar-refractivity contribution in [3.05, 3.63) is 23.8 Å². The summed E-state index contributed by atoms with van der Waals surface area (Å²) in [4.78, 5) is 29.1. The molecule has 0 bridgehead atoms. The normalized spacial score (nSPS) is 20.1. The molecule has 1 aliphatic carbocycles. The Labute approximate surface area is 159 Å². The third kappa shape index (κ3) is 4.18. The molecular formula is C20H27N3O4. The average Bonchev–Trinajstić information content (AvgIpc) is 3.39. The zero-order valence-electron chi connectivity index (χ0n) is 15.6. The Morgan fingerprint density at radius 1 is 1.04 bits per heavy atom. The Hall–Kier alpha value is -2.28. The summed E-state index contributed by atoms with van der Waals surface area (Å²) < 4.78 is 10.6. The van der Waals surface area contributed by atoms with Gasteiger partial charge in [-0.05, 0) is 31.0 Å². The van der Waals surface area contributed by atoms with Crippen molar-refractivity contribution < 1.29 is 19.1 Å². The SMILES string of the molecule is O=C(NCCN1CCN(C(=O)C2CCCC2)CC1)c1ccc2c(c1)OCO2. The molecule has 146 valence electrons. The van der Waals surface area contributed by atoms with Crippen LogP contribution in [0.1, 0.15) is 36.0 Å². The highest BCUT2D eigenvalue weighted by atomic mass is 16.7. The third-order valence-corrected chi connectivity index (χ3v) is 5.74. The van der Waals surface area contributed by atoms with Crippen LogP contribution in [-0.2, 0) is 4.79 Å². The number of carbonyl (C=O) groups is 2. The number of hydrogen-bond acceptors (Lipinski definition) is 5. The Morgan fingerprint density at radius 2 is 1.78 bits per heavy atom. The minimum absolute atomic E-state index is 0.108. The van der Waals surface area contributed by atoms with Crippen molar-refractivity contribution in [1.29, 1.82) is 0 Å². The highest BCUT2D eigenvalue weighted by molar-refractivity contribution is 5.94. The van der Waals surface area contributed by atoms with E-state index in [9.17, 15) is 9.59 Å². The molecule has 0 radical (unpaired) electrons. The lowest BCUT2D eigenvalue weighted by Crippen LogP contribution is -2.51. The van der Waals surface area contributed by atoms with Crippen LogP contribution in [0.25, 0.3) is 0 Å². The minimum Gasteiger partial charge on any atom is -0.454 e. The van der Waals surface area contributed by atoms with Gasteiger partial charge in [-0.2, -0.15) is 0 Å². The number of piperazine rings is 1. The number of fused-ring (bicyclic) bond motifs is 1. The lowest BCUT2D eigenvalue weighted by Gasteiger charge is -2.36. The monoisotopic (exact) mass is 373 g/mol. The molecule has 0 unspecified atom stereocenters. The maximum Gasteiger partial charge on any atom is 0.251 e. The van der Waals surface area contributed by atoms with E-state index < -0.39 is 0 Å². The number of ether oxygens (including phenoxy) is 2. The molecule has 1 N–H and O–H groups in total. The summed E-state index contributed by atoms with van der Waals surface area (Å²) in [6.07, 6.45) is 4.51. The van der Waals surface area contributed by atoms with Gasteiger partial charge in [0.25, 0.3) is 5.91 Å². The van der Waals surface area contributed by atoms with Crippen LogP contribution in [-0.4, -0.2) is 67.7 Å². The molecule has 3 aliphatic rings. The maximum atomic E-state index is 12.5. The van der Waals surface area contributed by atoms with Crippen molar-refractivity contribution in [3.8, 4) is 11.5 Å². The summed E-state index contributed by atoms with van der Waals surface area (Å²) in [5.41, 5.74) is 0.575. The number of rotatable bonds is 5. The molecule has 0 spiro atoms. The van der Waals surface area contributed by atoms with E-state index in [0.717, 1.165) is 45.6 Å². The summed E-state index contributed by atoms with van der Waals surface area (Å²) in [6.45, 7) is 4.93. The Morgan fingerprint density at radius 3 is 2.56 bits per heavy atom. The molecule has 7 nitrogen and oxygen atoms in total. The molecule has 2 aliphatic heterocycles. The van der Waals surface area contributed by atoms with Crippen molar-refractivity contribution in [1.82, 2.24) is 15.1 Å². The number of carbonyl (C=O) groups excluding carboxylic acids is 2. The predicted octanol–water partition coefficient (Wildman–Crippen LogP) is 1.48. The van der Waals surface area contributed by atoms with Crippen LogP contribution in [0.2, 0.25) is 0 Å². The van der Waals surface area contributed by atoms with Gasteiger partial charge in [0.15, 0.2) is 11.5 Å². The van der Waals surface area contributed by atoms with Crippen molar-refractivity contribution >= 4 is 11.8 Å². The first-order chi connectivity index (χ1) is 13.2. The molecule has 2 amide bonds. The van der Waals surface area contributed by atoms with Gasteiger partial charge in [-0.1, -0.05) is 12.8 Å². The number of nitrogens with one attached hydrogen (secondary N) is 1. The standard InChI is InChI=1S/C20H27N3O4/c24-19(16-5-6-17-18(13-16)27-14-26-17)21-7-8-22-9-11-23(12-10-22)20(25)15-3-1-2-4-15/h5-6,13,15H,1-4,7-12,14H2,(H,21,24). The highest BCUT2D eigenvalue weighted by Gasteiger charge is 2.29. The second-order valence-corrected chi connectivity index (χ2v) is 7.47. The average molecular weight is 373 g/mol. The van der Waals surface area contributed by atoms with Crippen LogP contribution in [0.15, 0.2) is 18.2 Å². The first-order valence-corrected chi connectivity index (χ1v) is 9.90. The van der Waals surface area contributed by atoms with Gasteiger partial charge in [0, 0.05) is 50.7 Å². The van der Waals surface area contributed by atoms with Gasteiger partial charge in [-0.3, -0.25) is 14.5 Å². The molecule has 2 fully saturated rings. The molecule has 1 saturated heterocycles. The van der Waals surface area contributed by atoms with Gasteiger partial charge >= 0.3 is 0 Å². The van der Waals surface area contributed by atoms with Crippen molar-refractivity contribution in [2.24, 2.45) is 5.92 Å². The van der Waals surface area contributed by atoms with Gasteiger partial charge in [-0.15, -0.1) is 0 Å². The van der Waals surface area contributed by atoms with Crippen molar-refractivity contribution in [2.75, 3.05) is 46.1 Å². The van der Waals surface area contributed by atoms with E-state index in [-0.39, 0.29) is 18.6 Å². The Kier molecular flexibility index (Phi) is 5.48. The smallest absolute Gasteiger partial charge is 0.251 e. The number of amides is 2. The van der Waals surface area contributed by atoms with E-state index in [4.69, 9.17) is 9.47 Å². The Balaban J connectivity index is 1.18. The molecule has 27 heavy (non-hydrogen) atoms. The molecule has 7 heteroatoms. The summed E-state index contributed by atoms with van der Waals surface area (Å²) in [6, 6.07) is 5.22. The molecule has 1 saturated carbocycles. The summed E-state index contributed by atoms with van der Waals surface area (Å²) in [7, 11) is 0. The maximum absolute atomic E-state index is 12.5. The fourth-order valence-electron chi connectivity index (χ4n) is 4.09. The van der Waals surface area contributed by atoms with E-state index >= 15 is 0 Å². The zero-order chi connectivity index (χ0) is 18.6. The first-order valence-electron chi connectivity index (χ1n) is 9.90. The lowest BCUT2D eigenvalue weighted by molar-refractivity contribution is -0.137. The molecule has 0 aromatic heterocycles. The van der Waals surface area contributed by atoms with E-state index in [1.54, 1.807) is 18.2 Å². The third-order valence-electron chi connectivity index (χ3n) is 5.74. The van der Waals surface area contributed by atoms with Gasteiger partial charge < -0.3 is 19.7 Å². The molecule has 2 heterocycles. The van der Waals surface area contributed by atoms with Crippen LogP contribution in [0, 0.1) is 5.92 Å². The second-order valence-electron chi connectivity index (χ2n) is 7.47. The van der Waals surface area contributed by atoms with Gasteiger partial charge in [0.2, 0.25) is 12.7 Å². The van der Waals surface area contributed by atoms with Gasteiger partial charge in [0.05, 0.1) is 0 Å². The fraction of sp³-hybridized carbons (Fsp3) is 0.600. The number of benzene rings is 1. The molecule has 4 rings (SSSR count).